The molecule has 1 aliphatic heterocycles. The van der Waals surface area contributed by atoms with Gasteiger partial charge < -0.3 is 0 Å². The van der Waals surface area contributed by atoms with E-state index in [1.54, 1.807) is 0 Å². The Hall–Kier alpha value is -1.01. The van der Waals surface area contributed by atoms with Crippen LogP contribution in [0.3, 0.4) is 0 Å². The summed E-state index contributed by atoms with van der Waals surface area (Å²) < 4.78 is 0. The minimum atomic E-state index is -1.03. The van der Waals surface area contributed by atoms with E-state index < -0.39 is 12.3 Å². The van der Waals surface area contributed by atoms with Gasteiger partial charge in [0.15, 0.2) is 5.34 Å². The molecule has 6 heteroatoms. The van der Waals surface area contributed by atoms with Gasteiger partial charge >= 0.3 is 12.3 Å². The largest absolute Gasteiger partial charge is 0.400 e. The molecule has 0 unspecified atom stereocenters. The van der Waals surface area contributed by atoms with Crippen LogP contribution >= 0.6 is 0 Å². The van der Waals surface area contributed by atoms with E-state index in [4.69, 9.17) is 4.91 Å². The van der Waals surface area contributed by atoms with Crippen LogP contribution in [0.1, 0.15) is 0 Å². The van der Waals surface area contributed by atoms with E-state index in [-0.39, 0.29) is 0 Å². The van der Waals surface area contributed by atoms with Gasteiger partial charge in [0.25, 0.3) is 0 Å². The summed E-state index contributed by atoms with van der Waals surface area (Å²) in [6, 6.07) is 0. The fourth-order valence-corrected chi connectivity index (χ4v) is 0.186. The lowest BCUT2D eigenvalue weighted by atomic mass is 10.7. The molecule has 1 fully saturated rings. The molecule has 0 bridgehead atoms. The van der Waals surface area contributed by atoms with Gasteiger partial charge in [0.1, 0.15) is 0 Å². The van der Waals surface area contributed by atoms with Crippen molar-refractivity contribution in [3.8, 4) is 0 Å². The van der Waals surface area contributed by atoms with Crippen LogP contribution < -0.4 is 0 Å². The molecule has 0 aliphatic carbocycles. The van der Waals surface area contributed by atoms with E-state index in [0.29, 0.717) is 0 Å². The van der Waals surface area contributed by atoms with Crippen molar-refractivity contribution in [2.45, 2.75) is 6.29 Å². The molecule has 0 atom stereocenters. The minimum absolute atomic E-state index is 0.931. The van der Waals surface area contributed by atoms with E-state index in [9.17, 15) is 4.79 Å². The van der Waals surface area contributed by atoms with Crippen LogP contribution in [0.5, 0.6) is 0 Å². The summed E-state index contributed by atoms with van der Waals surface area (Å²) in [6.07, 6.45) is -1.03. The topological polar surface area (TPSA) is 80.8 Å². The summed E-state index contributed by atoms with van der Waals surface area (Å²) in [6.45, 7) is 0. The Balaban J connectivity index is 2.22. The fraction of sp³-hybridized carbons (Fsp3) is 0.500. The van der Waals surface area contributed by atoms with Gasteiger partial charge in [0.05, 0.1) is 0 Å². The highest BCUT2D eigenvalue weighted by Crippen LogP contribution is 2.12. The van der Waals surface area contributed by atoms with Crippen LogP contribution in [0.15, 0.2) is 5.34 Å². The molecule has 1 saturated heterocycles. The summed E-state index contributed by atoms with van der Waals surface area (Å²) in [5, 5.41) is 1.84. The Morgan fingerprint density at radius 3 is 2.62 bits per heavy atom. The van der Waals surface area contributed by atoms with Gasteiger partial charge in [-0.1, -0.05) is 0 Å². The van der Waals surface area contributed by atoms with Crippen molar-refractivity contribution >= 4 is 5.97 Å². The lowest BCUT2D eigenvalue weighted by molar-refractivity contribution is -0.145. The average molecular weight is 119 g/mol. The van der Waals surface area contributed by atoms with Crippen LogP contribution in [0, 0.1) is 4.91 Å². The molecule has 0 spiro atoms. The average Bonchev–Trinajstić information content (AvgIpc) is 2.45. The van der Waals surface area contributed by atoms with Gasteiger partial charge in [-0.3, -0.25) is 4.84 Å². The van der Waals surface area contributed by atoms with Crippen LogP contribution in [0.4, 0.5) is 0 Å². The molecule has 8 heavy (non-hydrogen) atoms. The molecule has 6 nitrogen and oxygen atoms in total. The normalized spacial score (nSPS) is 17.5. The number of hydrogen-bond acceptors (Lipinski definition) is 6. The fourth-order valence-electron chi connectivity index (χ4n) is 0.186. The molecular weight excluding hydrogens is 118 g/mol. The second-order valence-electron chi connectivity index (χ2n) is 1.01. The van der Waals surface area contributed by atoms with Crippen molar-refractivity contribution in [1.82, 2.24) is 0 Å². The molecular formula is C2HNO5. The molecule has 1 heterocycles. The zero-order chi connectivity index (χ0) is 5.98. The third kappa shape index (κ3) is 0.983. The number of carbonyl (C=O) groups excluding carboxylic acids is 1. The monoisotopic (exact) mass is 119 g/mol. The summed E-state index contributed by atoms with van der Waals surface area (Å²) in [7, 11) is 0. The maximum Gasteiger partial charge on any atom is 0.400 e. The first-order chi connectivity index (χ1) is 3.84. The quantitative estimate of drug-likeness (QED) is 0.212. The first kappa shape index (κ1) is 5.13. The highest BCUT2D eigenvalue weighted by molar-refractivity contribution is 5.73. The van der Waals surface area contributed by atoms with Gasteiger partial charge in [0.2, 0.25) is 0 Å². The summed E-state index contributed by atoms with van der Waals surface area (Å²) in [4.78, 5) is 30.6. The van der Waals surface area contributed by atoms with Crippen molar-refractivity contribution in [2.24, 2.45) is 5.34 Å². The van der Waals surface area contributed by atoms with Crippen molar-refractivity contribution in [3.63, 3.8) is 0 Å². The predicted octanol–water partition coefficient (Wildman–Crippen LogP) is -0.501. The molecule has 0 amide bonds. The lowest BCUT2D eigenvalue weighted by Crippen LogP contribution is -2.06. The van der Waals surface area contributed by atoms with E-state index in [1.165, 1.54) is 0 Å². The Labute approximate surface area is 43.2 Å². The van der Waals surface area contributed by atoms with E-state index in [2.05, 4.69) is 14.6 Å². The lowest BCUT2D eigenvalue weighted by Gasteiger charge is -1.78. The molecule has 0 radical (unpaired) electrons. The number of hydrogen-bond donors (Lipinski definition) is 0. The Morgan fingerprint density at radius 1 is 1.62 bits per heavy atom. The first-order valence-electron chi connectivity index (χ1n) is 1.70. The van der Waals surface area contributed by atoms with Crippen LogP contribution in [-0.2, 0) is 19.4 Å². The van der Waals surface area contributed by atoms with Crippen molar-refractivity contribution in [1.29, 1.82) is 0 Å². The van der Waals surface area contributed by atoms with Crippen LogP contribution in [-0.4, -0.2) is 12.3 Å². The van der Waals surface area contributed by atoms with Crippen molar-refractivity contribution in [2.75, 3.05) is 0 Å². The molecule has 44 valence electrons. The number of carbonyl (C=O) groups is 1. The third-order valence-corrected chi connectivity index (χ3v) is 0.512. The van der Waals surface area contributed by atoms with Crippen molar-refractivity contribution < 1.29 is 19.4 Å². The minimum Gasteiger partial charge on any atom is -0.278 e. The van der Waals surface area contributed by atoms with E-state index in [0.717, 1.165) is 0 Å². The second kappa shape index (κ2) is 1.85. The van der Waals surface area contributed by atoms with Gasteiger partial charge in [0, 0.05) is 0 Å². The molecule has 1 aliphatic rings. The van der Waals surface area contributed by atoms with Gasteiger partial charge in [-0.25, -0.2) is 4.79 Å². The summed E-state index contributed by atoms with van der Waals surface area (Å²) in [5.74, 6) is -0.931. The van der Waals surface area contributed by atoms with Crippen LogP contribution in [0.2, 0.25) is 0 Å². The standard InChI is InChI=1S/C2HNO5/c4-1(6-3-5)2-7-8-2/h2H. The summed E-state index contributed by atoms with van der Waals surface area (Å²) >= 11 is 0. The predicted molar refractivity (Wildman–Crippen MR) is 17.8 cm³/mol. The first-order valence-corrected chi connectivity index (χ1v) is 1.70. The smallest absolute Gasteiger partial charge is 0.278 e. The molecule has 0 aromatic heterocycles. The van der Waals surface area contributed by atoms with E-state index in [1.807, 2.05) is 5.34 Å². The summed E-state index contributed by atoms with van der Waals surface area (Å²) in [5.41, 5.74) is 0. The number of nitrogens with zero attached hydrogens (tertiary/aromatic N) is 1. The zero-order valence-corrected chi connectivity index (χ0v) is 3.57. The Morgan fingerprint density at radius 2 is 2.25 bits per heavy atom. The van der Waals surface area contributed by atoms with Gasteiger partial charge in [-0.15, -0.1) is 4.91 Å². The molecule has 0 N–H and O–H groups in total. The van der Waals surface area contributed by atoms with Gasteiger partial charge in [-0.2, -0.15) is 9.78 Å². The maximum absolute atomic E-state index is 10.0. The third-order valence-electron chi connectivity index (χ3n) is 0.512. The van der Waals surface area contributed by atoms with E-state index >= 15 is 0 Å². The molecule has 1 rings (SSSR count). The SMILES string of the molecule is O=NOC(=O)C1OO1. The molecule has 0 saturated carbocycles. The second-order valence-corrected chi connectivity index (χ2v) is 1.01. The maximum atomic E-state index is 10.0. The van der Waals surface area contributed by atoms with Crippen molar-refractivity contribution in [3.05, 3.63) is 4.91 Å². The Kier molecular flexibility index (Phi) is 1.18. The van der Waals surface area contributed by atoms with Gasteiger partial charge in [-0.05, 0) is 0 Å². The van der Waals surface area contributed by atoms with Crippen LogP contribution in [0.25, 0.3) is 0 Å². The molecule has 0 aromatic rings. The molecule has 0 aromatic carbocycles. The highest BCUT2D eigenvalue weighted by atomic mass is 17.4. The number of rotatable bonds is 2. The Bertz CT molecular complexity index is 118. The highest BCUT2D eigenvalue weighted by Gasteiger charge is 2.37. The zero-order valence-electron chi connectivity index (χ0n) is 3.57.